The Kier molecular flexibility index (Phi) is 7.30. The quantitative estimate of drug-likeness (QED) is 0.240. The van der Waals surface area contributed by atoms with Gasteiger partial charge in [0.2, 0.25) is 0 Å². The van der Waals surface area contributed by atoms with Crippen molar-refractivity contribution in [1.82, 2.24) is 0 Å². The first-order valence-electron chi connectivity index (χ1n) is 12.2. The van der Waals surface area contributed by atoms with E-state index in [2.05, 4.69) is 87.5 Å². The van der Waals surface area contributed by atoms with Crippen molar-refractivity contribution in [2.24, 2.45) is 0 Å². The summed E-state index contributed by atoms with van der Waals surface area (Å²) in [5, 5.41) is 0. The SMILES string of the molecule is CC(C)(C)OCCCCCC[SiH](Cc1cccc2c1Cc1ccccc1-2)C1C=CC=C1. The molecule has 0 aromatic heterocycles. The van der Waals surface area contributed by atoms with Crippen LogP contribution in [0.25, 0.3) is 11.1 Å². The maximum Gasteiger partial charge on any atom is 0.0598 e. The molecular formula is C29H38OSi. The summed E-state index contributed by atoms with van der Waals surface area (Å²) in [6.45, 7) is 7.33. The number of ether oxygens (including phenoxy) is 1. The highest BCUT2D eigenvalue weighted by Gasteiger charge is 2.25. The maximum absolute atomic E-state index is 5.88. The molecule has 0 spiro atoms. The monoisotopic (exact) mass is 430 g/mol. The van der Waals surface area contributed by atoms with Crippen LogP contribution in [0.3, 0.4) is 0 Å². The summed E-state index contributed by atoms with van der Waals surface area (Å²) < 4.78 is 5.88. The second-order valence-corrected chi connectivity index (χ2v) is 13.5. The lowest BCUT2D eigenvalue weighted by Crippen LogP contribution is -2.22. The summed E-state index contributed by atoms with van der Waals surface area (Å²) in [5.41, 5.74) is 8.39. The molecular weight excluding hydrogens is 392 g/mol. The Bertz CT molecular complexity index is 922. The molecule has 0 fully saturated rings. The molecule has 0 radical (unpaired) electrons. The summed E-state index contributed by atoms with van der Waals surface area (Å²) in [7, 11) is -0.936. The van der Waals surface area contributed by atoms with Crippen molar-refractivity contribution in [3.05, 3.63) is 83.5 Å². The molecule has 0 bridgehead atoms. The number of benzene rings is 2. The van der Waals surface area contributed by atoms with Gasteiger partial charge in [-0.15, -0.1) is 0 Å². The van der Waals surface area contributed by atoms with Gasteiger partial charge >= 0.3 is 0 Å². The molecule has 2 aliphatic carbocycles. The van der Waals surface area contributed by atoms with E-state index in [4.69, 9.17) is 4.74 Å². The minimum Gasteiger partial charge on any atom is -0.376 e. The standard InChI is InChI=1S/C29H38OSi/c1-29(2,3)30-19-10-4-5-11-20-31(25-15-7-8-16-25)22-24-14-12-18-27-26-17-9-6-13-23(26)21-28(24)27/h6-9,12-18,25,31H,4-5,10-11,19-22H2,1-3H3. The van der Waals surface area contributed by atoms with E-state index in [1.165, 1.54) is 54.5 Å². The van der Waals surface area contributed by atoms with Crippen LogP contribution in [0.4, 0.5) is 0 Å². The molecule has 1 nitrogen and oxygen atoms in total. The van der Waals surface area contributed by atoms with E-state index >= 15 is 0 Å². The molecule has 2 aromatic carbocycles. The summed E-state index contributed by atoms with van der Waals surface area (Å²) in [6, 6.07) is 18.8. The average molecular weight is 431 g/mol. The normalized spacial score (nSPS) is 16.0. The van der Waals surface area contributed by atoms with Gasteiger partial charge in [0.05, 0.1) is 14.4 Å². The molecule has 2 heteroatoms. The molecule has 2 aliphatic rings. The largest absolute Gasteiger partial charge is 0.376 e. The topological polar surface area (TPSA) is 9.23 Å². The van der Waals surface area contributed by atoms with E-state index < -0.39 is 8.80 Å². The van der Waals surface area contributed by atoms with Gasteiger partial charge in [-0.1, -0.05) is 92.1 Å². The van der Waals surface area contributed by atoms with Gasteiger partial charge in [-0.3, -0.25) is 0 Å². The smallest absolute Gasteiger partial charge is 0.0598 e. The second kappa shape index (κ2) is 10.1. The average Bonchev–Trinajstić information content (AvgIpc) is 3.40. The molecule has 0 aliphatic heterocycles. The maximum atomic E-state index is 5.88. The Morgan fingerprint density at radius 3 is 2.42 bits per heavy atom. The molecule has 0 saturated heterocycles. The van der Waals surface area contributed by atoms with Crippen LogP contribution in [-0.4, -0.2) is 21.0 Å². The third-order valence-corrected chi connectivity index (χ3v) is 10.4. The Morgan fingerprint density at radius 1 is 0.871 bits per heavy atom. The van der Waals surface area contributed by atoms with Crippen molar-refractivity contribution in [3.8, 4) is 11.1 Å². The van der Waals surface area contributed by atoms with Gasteiger partial charge in [0, 0.05) is 6.61 Å². The van der Waals surface area contributed by atoms with Crippen LogP contribution in [0.1, 0.15) is 63.1 Å². The third kappa shape index (κ3) is 5.87. The van der Waals surface area contributed by atoms with Gasteiger partial charge in [0.15, 0.2) is 0 Å². The van der Waals surface area contributed by atoms with Crippen LogP contribution in [0.2, 0.25) is 11.6 Å². The van der Waals surface area contributed by atoms with Gasteiger partial charge < -0.3 is 4.74 Å². The summed E-state index contributed by atoms with van der Waals surface area (Å²) >= 11 is 0. The summed E-state index contributed by atoms with van der Waals surface area (Å²) in [4.78, 5) is 0. The Labute approximate surface area is 190 Å². The van der Waals surface area contributed by atoms with Gasteiger partial charge in [-0.25, -0.2) is 0 Å². The summed E-state index contributed by atoms with van der Waals surface area (Å²) in [5.74, 6) is 0. The van der Waals surface area contributed by atoms with Crippen molar-refractivity contribution in [1.29, 1.82) is 0 Å². The molecule has 1 unspecified atom stereocenters. The van der Waals surface area contributed by atoms with E-state index in [1.54, 1.807) is 11.1 Å². The second-order valence-electron chi connectivity index (χ2n) is 10.3. The van der Waals surface area contributed by atoms with E-state index in [9.17, 15) is 0 Å². The number of fused-ring (bicyclic) bond motifs is 3. The molecule has 164 valence electrons. The number of allylic oxidation sites excluding steroid dienone is 4. The van der Waals surface area contributed by atoms with E-state index in [1.807, 2.05) is 0 Å². The van der Waals surface area contributed by atoms with Crippen LogP contribution >= 0.6 is 0 Å². The van der Waals surface area contributed by atoms with Crippen LogP contribution in [-0.2, 0) is 17.2 Å². The van der Waals surface area contributed by atoms with Gasteiger partial charge in [0.25, 0.3) is 0 Å². The minimum atomic E-state index is -0.936. The Hall–Kier alpha value is -1.90. The zero-order valence-corrected chi connectivity index (χ0v) is 20.7. The van der Waals surface area contributed by atoms with E-state index in [0.29, 0.717) is 0 Å². The fourth-order valence-electron chi connectivity index (χ4n) is 5.13. The Balaban J connectivity index is 1.36. The predicted octanol–water partition coefficient (Wildman–Crippen LogP) is 7.44. The first-order valence-corrected chi connectivity index (χ1v) is 14.5. The van der Waals surface area contributed by atoms with Gasteiger partial charge in [-0.2, -0.15) is 0 Å². The zero-order chi connectivity index (χ0) is 21.7. The van der Waals surface area contributed by atoms with Crippen molar-refractivity contribution in [2.45, 2.75) is 76.1 Å². The van der Waals surface area contributed by atoms with Crippen LogP contribution in [0, 0.1) is 0 Å². The van der Waals surface area contributed by atoms with Crippen molar-refractivity contribution >= 4 is 8.80 Å². The number of hydrogen-bond acceptors (Lipinski definition) is 1. The van der Waals surface area contributed by atoms with Crippen LogP contribution < -0.4 is 0 Å². The number of unbranched alkanes of at least 4 members (excludes halogenated alkanes) is 3. The molecule has 0 N–H and O–H groups in total. The molecule has 0 amide bonds. The van der Waals surface area contributed by atoms with E-state index in [0.717, 1.165) is 18.6 Å². The lowest BCUT2D eigenvalue weighted by atomic mass is 10.0. The lowest BCUT2D eigenvalue weighted by Gasteiger charge is -2.22. The third-order valence-electron chi connectivity index (χ3n) is 6.76. The Morgan fingerprint density at radius 2 is 1.61 bits per heavy atom. The van der Waals surface area contributed by atoms with Crippen molar-refractivity contribution < 1.29 is 4.74 Å². The first-order chi connectivity index (χ1) is 15.0. The van der Waals surface area contributed by atoms with E-state index in [-0.39, 0.29) is 5.60 Å². The number of hydrogen-bond donors (Lipinski definition) is 0. The van der Waals surface area contributed by atoms with Crippen molar-refractivity contribution in [2.75, 3.05) is 6.61 Å². The minimum absolute atomic E-state index is 0.00520. The highest BCUT2D eigenvalue weighted by atomic mass is 28.3. The summed E-state index contributed by atoms with van der Waals surface area (Å²) in [6.07, 6.45) is 15.8. The molecule has 0 heterocycles. The highest BCUT2D eigenvalue weighted by Crippen LogP contribution is 2.39. The molecule has 31 heavy (non-hydrogen) atoms. The first kappa shape index (κ1) is 22.3. The fraction of sp³-hybridized carbons (Fsp3) is 0.448. The van der Waals surface area contributed by atoms with Gasteiger partial charge in [0.1, 0.15) is 0 Å². The predicted molar refractivity (Wildman–Crippen MR) is 137 cm³/mol. The van der Waals surface area contributed by atoms with Crippen LogP contribution in [0.5, 0.6) is 0 Å². The van der Waals surface area contributed by atoms with Crippen LogP contribution in [0.15, 0.2) is 66.8 Å². The molecule has 1 atom stereocenters. The molecule has 4 rings (SSSR count). The zero-order valence-electron chi connectivity index (χ0n) is 19.6. The molecule has 0 saturated carbocycles. The highest BCUT2D eigenvalue weighted by molar-refractivity contribution is 6.61. The number of rotatable bonds is 10. The lowest BCUT2D eigenvalue weighted by molar-refractivity contribution is -0.00471. The van der Waals surface area contributed by atoms with Gasteiger partial charge in [-0.05, 0) is 73.0 Å². The van der Waals surface area contributed by atoms with Crippen molar-refractivity contribution in [3.63, 3.8) is 0 Å². The molecule has 2 aromatic rings. The fourth-order valence-corrected chi connectivity index (χ4v) is 8.64.